The Hall–Kier alpha value is -1.03. The van der Waals surface area contributed by atoms with Gasteiger partial charge >= 0.3 is 0 Å². The predicted octanol–water partition coefficient (Wildman–Crippen LogP) is 2.45. The van der Waals surface area contributed by atoms with Crippen molar-refractivity contribution in [3.05, 3.63) is 29.6 Å². The molecule has 1 aliphatic heterocycles. The van der Waals surface area contributed by atoms with Gasteiger partial charge in [0.25, 0.3) is 0 Å². The summed E-state index contributed by atoms with van der Waals surface area (Å²) in [5, 5.41) is 6.54. The number of carbonyl (C=O) groups is 1. The van der Waals surface area contributed by atoms with Gasteiger partial charge in [0.2, 0.25) is 5.91 Å². The van der Waals surface area contributed by atoms with Crippen LogP contribution in [0.2, 0.25) is 0 Å². The van der Waals surface area contributed by atoms with Gasteiger partial charge in [0.15, 0.2) is 5.96 Å². The van der Waals surface area contributed by atoms with E-state index in [1.165, 1.54) is 6.07 Å². The molecule has 0 spiro atoms. The maximum Gasteiger partial charge on any atom is 0.222 e. The summed E-state index contributed by atoms with van der Waals surface area (Å²) in [6, 6.07) is 4.97. The minimum absolute atomic E-state index is 0. The molecule has 0 bridgehead atoms. The topological polar surface area (TPSA) is 56.7 Å². The van der Waals surface area contributed by atoms with E-state index in [1.807, 2.05) is 13.3 Å². The fourth-order valence-corrected chi connectivity index (χ4v) is 3.18. The Morgan fingerprint density at radius 1 is 1.50 bits per heavy atom. The Balaban J connectivity index is 0.00000288. The van der Waals surface area contributed by atoms with Crippen LogP contribution < -0.4 is 10.6 Å². The number of aliphatic imine (C=N–C) groups is 1. The Labute approximate surface area is 163 Å². The Kier molecular flexibility index (Phi) is 8.82. The molecule has 2 rings (SSSR count). The van der Waals surface area contributed by atoms with Gasteiger partial charge in [0, 0.05) is 44.5 Å². The van der Waals surface area contributed by atoms with Crippen molar-refractivity contribution in [3.8, 4) is 0 Å². The van der Waals surface area contributed by atoms with Crippen molar-refractivity contribution >= 4 is 47.6 Å². The van der Waals surface area contributed by atoms with Gasteiger partial charge in [0.05, 0.1) is 0 Å². The van der Waals surface area contributed by atoms with E-state index in [2.05, 4.69) is 15.6 Å². The van der Waals surface area contributed by atoms with Crippen LogP contribution in [0.15, 0.2) is 28.1 Å². The maximum absolute atomic E-state index is 13.4. The molecule has 1 atom stereocenters. The normalized spacial score (nSPS) is 18.2. The van der Waals surface area contributed by atoms with E-state index in [0.717, 1.165) is 16.9 Å². The maximum atomic E-state index is 13.4. The van der Waals surface area contributed by atoms with Crippen LogP contribution in [0.3, 0.4) is 0 Å². The highest BCUT2D eigenvalue weighted by Gasteiger charge is 2.23. The second kappa shape index (κ2) is 10.1. The summed E-state index contributed by atoms with van der Waals surface area (Å²) in [5.74, 6) is 0.597. The van der Waals surface area contributed by atoms with Crippen molar-refractivity contribution in [1.29, 1.82) is 0 Å². The van der Waals surface area contributed by atoms with Crippen molar-refractivity contribution in [2.75, 3.05) is 26.9 Å². The monoisotopic (exact) mass is 466 g/mol. The summed E-state index contributed by atoms with van der Waals surface area (Å²) < 4.78 is 13.4. The molecule has 1 fully saturated rings. The number of guanidine groups is 1. The number of piperidine rings is 1. The fraction of sp³-hybridized carbons (Fsp3) is 0.500. The summed E-state index contributed by atoms with van der Waals surface area (Å²) in [4.78, 5) is 18.5. The average Bonchev–Trinajstić information content (AvgIpc) is 2.55. The summed E-state index contributed by atoms with van der Waals surface area (Å²) in [6.07, 6.45) is 3.31. The highest BCUT2D eigenvalue weighted by molar-refractivity contribution is 14.0. The molecule has 8 heteroatoms. The predicted molar refractivity (Wildman–Crippen MR) is 108 cm³/mol. The summed E-state index contributed by atoms with van der Waals surface area (Å²) >= 11 is 1.59. The molecule has 1 saturated heterocycles. The Morgan fingerprint density at radius 2 is 2.25 bits per heavy atom. The first-order valence-corrected chi connectivity index (χ1v) is 8.79. The second-order valence-electron chi connectivity index (χ2n) is 5.54. The molecular weight excluding hydrogens is 442 g/mol. The summed E-state index contributed by atoms with van der Waals surface area (Å²) in [7, 11) is 3.51. The van der Waals surface area contributed by atoms with Gasteiger partial charge in [-0.2, -0.15) is 0 Å². The molecule has 1 aliphatic rings. The van der Waals surface area contributed by atoms with Crippen LogP contribution in [0.4, 0.5) is 4.39 Å². The molecule has 24 heavy (non-hydrogen) atoms. The van der Waals surface area contributed by atoms with E-state index in [4.69, 9.17) is 0 Å². The quantitative estimate of drug-likeness (QED) is 0.310. The number of likely N-dealkylation sites (N-methyl/N-ethyl adjacent to an activating group) is 1. The molecule has 0 radical (unpaired) electrons. The summed E-state index contributed by atoms with van der Waals surface area (Å²) in [5.41, 5.74) is 0.899. The van der Waals surface area contributed by atoms with Crippen LogP contribution in [0.5, 0.6) is 0 Å². The highest BCUT2D eigenvalue weighted by Crippen LogP contribution is 2.21. The lowest BCUT2D eigenvalue weighted by molar-refractivity contribution is -0.132. The van der Waals surface area contributed by atoms with Gasteiger partial charge in [-0.05, 0) is 36.4 Å². The van der Waals surface area contributed by atoms with E-state index in [0.29, 0.717) is 25.5 Å². The van der Waals surface area contributed by atoms with Gasteiger partial charge in [-0.15, -0.1) is 35.7 Å². The van der Waals surface area contributed by atoms with E-state index >= 15 is 0 Å². The third kappa shape index (κ3) is 5.80. The lowest BCUT2D eigenvalue weighted by Crippen LogP contribution is -2.51. The lowest BCUT2D eigenvalue weighted by Gasteiger charge is -2.31. The molecule has 0 aliphatic carbocycles. The van der Waals surface area contributed by atoms with Gasteiger partial charge in [-0.1, -0.05) is 0 Å². The molecule has 2 N–H and O–H groups in total. The number of nitrogens with zero attached hydrogens (tertiary/aromatic N) is 2. The number of nitrogens with one attached hydrogen (secondary N) is 2. The van der Waals surface area contributed by atoms with Crippen molar-refractivity contribution in [2.24, 2.45) is 4.99 Å². The third-order valence-corrected chi connectivity index (χ3v) is 4.72. The van der Waals surface area contributed by atoms with E-state index in [-0.39, 0.29) is 41.7 Å². The molecule has 1 heterocycles. The van der Waals surface area contributed by atoms with Crippen LogP contribution >= 0.6 is 35.7 Å². The van der Waals surface area contributed by atoms with E-state index in [9.17, 15) is 9.18 Å². The first kappa shape index (κ1) is 21.0. The molecular formula is C16H24FIN4OS. The van der Waals surface area contributed by atoms with Gasteiger partial charge < -0.3 is 15.5 Å². The molecule has 5 nitrogen and oxygen atoms in total. The van der Waals surface area contributed by atoms with Gasteiger partial charge in [-0.25, -0.2) is 4.39 Å². The minimum atomic E-state index is -0.241. The van der Waals surface area contributed by atoms with E-state index in [1.54, 1.807) is 35.8 Å². The number of amides is 1. The van der Waals surface area contributed by atoms with Crippen molar-refractivity contribution < 1.29 is 9.18 Å². The third-order valence-electron chi connectivity index (χ3n) is 3.88. The second-order valence-corrected chi connectivity index (χ2v) is 6.38. The number of likely N-dealkylation sites (tertiary alicyclic amines) is 1. The van der Waals surface area contributed by atoms with Crippen molar-refractivity contribution in [3.63, 3.8) is 0 Å². The minimum Gasteiger partial charge on any atom is -0.352 e. The van der Waals surface area contributed by atoms with Crippen LogP contribution in [0.25, 0.3) is 0 Å². The number of rotatable bonds is 4. The van der Waals surface area contributed by atoms with Crippen molar-refractivity contribution in [2.45, 2.75) is 30.3 Å². The van der Waals surface area contributed by atoms with Crippen LogP contribution in [0, 0.1) is 5.82 Å². The zero-order valence-corrected chi connectivity index (χ0v) is 17.3. The molecule has 1 aromatic rings. The number of thioether (sulfide) groups is 1. The van der Waals surface area contributed by atoms with Crippen LogP contribution in [-0.4, -0.2) is 49.7 Å². The largest absolute Gasteiger partial charge is 0.352 e. The summed E-state index contributed by atoms with van der Waals surface area (Å²) in [6.45, 7) is 1.16. The van der Waals surface area contributed by atoms with Crippen LogP contribution in [-0.2, 0) is 11.3 Å². The average molecular weight is 466 g/mol. The van der Waals surface area contributed by atoms with Crippen molar-refractivity contribution in [1.82, 2.24) is 15.5 Å². The fourth-order valence-electron chi connectivity index (χ4n) is 2.58. The number of hydrogen-bond acceptors (Lipinski definition) is 3. The van der Waals surface area contributed by atoms with Crippen LogP contribution in [0.1, 0.15) is 18.4 Å². The molecule has 1 unspecified atom stereocenters. The lowest BCUT2D eigenvalue weighted by atomic mass is 10.1. The Morgan fingerprint density at radius 3 is 2.88 bits per heavy atom. The molecule has 0 saturated carbocycles. The SMILES string of the molecule is CN=C(NCc1cc(F)ccc1SC)NC1CCC(=O)N(C)C1.I. The van der Waals surface area contributed by atoms with E-state index < -0.39 is 0 Å². The Bertz CT molecular complexity index is 599. The molecule has 0 aromatic heterocycles. The first-order valence-electron chi connectivity index (χ1n) is 7.57. The van der Waals surface area contributed by atoms with Gasteiger partial charge in [0.1, 0.15) is 5.82 Å². The molecule has 1 amide bonds. The number of hydrogen-bond donors (Lipinski definition) is 2. The molecule has 134 valence electrons. The highest BCUT2D eigenvalue weighted by atomic mass is 127. The zero-order valence-electron chi connectivity index (χ0n) is 14.1. The first-order chi connectivity index (χ1) is 11.0. The standard InChI is InChI=1S/C16H23FN4OS.HI/c1-18-16(20-13-5-7-15(22)21(2)10-13)19-9-11-8-12(17)4-6-14(11)23-3;/h4,6,8,13H,5,7,9-10H2,1-3H3,(H2,18,19,20);1H. The zero-order chi connectivity index (χ0) is 16.8. The number of benzene rings is 1. The van der Waals surface area contributed by atoms with Gasteiger partial charge in [-0.3, -0.25) is 9.79 Å². The number of carbonyl (C=O) groups excluding carboxylic acids is 1. The number of halogens is 2. The smallest absolute Gasteiger partial charge is 0.222 e. The molecule has 1 aromatic carbocycles.